The Morgan fingerprint density at radius 2 is 1.92 bits per heavy atom. The van der Waals surface area contributed by atoms with Gasteiger partial charge < -0.3 is 4.74 Å². The lowest BCUT2D eigenvalue weighted by atomic mass is 10.1. The van der Waals surface area contributed by atoms with Gasteiger partial charge in [-0.15, -0.1) is 10.2 Å². The fraction of sp³-hybridized carbons (Fsp3) is 0.118. The summed E-state index contributed by atoms with van der Waals surface area (Å²) < 4.78 is 20.1. The minimum atomic E-state index is -0.285. The van der Waals surface area contributed by atoms with Crippen LogP contribution in [0, 0.1) is 5.82 Å². The highest BCUT2D eigenvalue weighted by Crippen LogP contribution is 2.29. The molecule has 24 heavy (non-hydrogen) atoms. The lowest BCUT2D eigenvalue weighted by Crippen LogP contribution is -2.13. The van der Waals surface area contributed by atoms with Crippen LogP contribution in [-0.2, 0) is 0 Å². The molecule has 1 aromatic heterocycles. The van der Waals surface area contributed by atoms with Crippen LogP contribution in [0.5, 0.6) is 5.75 Å². The standard InChI is InChI=1S/C17H13FN4OS/c1-23-14-4-2-3-12(9-14)15-10-24-17-20-19-16(22(17)21-15)11-5-7-13(18)8-6-11/h2-9H,10H2,1H3. The van der Waals surface area contributed by atoms with Gasteiger partial charge in [0.05, 0.1) is 12.8 Å². The molecule has 1 aliphatic rings. The van der Waals surface area contributed by atoms with E-state index >= 15 is 0 Å². The van der Waals surface area contributed by atoms with Gasteiger partial charge in [0.15, 0.2) is 5.82 Å². The quantitative estimate of drug-likeness (QED) is 0.733. The van der Waals surface area contributed by atoms with Crippen molar-refractivity contribution < 1.29 is 9.13 Å². The first-order valence-electron chi connectivity index (χ1n) is 7.31. The number of aromatic nitrogens is 3. The number of benzene rings is 2. The zero-order valence-corrected chi connectivity index (χ0v) is 13.6. The van der Waals surface area contributed by atoms with E-state index in [1.165, 1.54) is 12.1 Å². The Morgan fingerprint density at radius 1 is 1.08 bits per heavy atom. The molecule has 0 saturated carbocycles. The first kappa shape index (κ1) is 14.9. The van der Waals surface area contributed by atoms with E-state index in [4.69, 9.17) is 4.74 Å². The van der Waals surface area contributed by atoms with Crippen LogP contribution in [0.2, 0.25) is 0 Å². The zero-order valence-electron chi connectivity index (χ0n) is 12.8. The van der Waals surface area contributed by atoms with E-state index in [9.17, 15) is 4.39 Å². The third-order valence-corrected chi connectivity index (χ3v) is 4.61. The molecule has 0 radical (unpaired) electrons. The third kappa shape index (κ3) is 2.67. The highest BCUT2D eigenvalue weighted by atomic mass is 32.2. The smallest absolute Gasteiger partial charge is 0.212 e. The molecule has 0 saturated heterocycles. The van der Waals surface area contributed by atoms with Crippen molar-refractivity contribution in [3.05, 3.63) is 59.9 Å². The lowest BCUT2D eigenvalue weighted by molar-refractivity contribution is 0.414. The summed E-state index contributed by atoms with van der Waals surface area (Å²) in [7, 11) is 1.64. The summed E-state index contributed by atoms with van der Waals surface area (Å²) in [5, 5.41) is 13.8. The molecule has 7 heteroatoms. The summed E-state index contributed by atoms with van der Waals surface area (Å²) in [6.07, 6.45) is 0. The van der Waals surface area contributed by atoms with Crippen LogP contribution in [-0.4, -0.2) is 33.4 Å². The van der Waals surface area contributed by atoms with Crippen molar-refractivity contribution in [3.63, 3.8) is 0 Å². The highest BCUT2D eigenvalue weighted by molar-refractivity contribution is 7.99. The molecular weight excluding hydrogens is 327 g/mol. The van der Waals surface area contributed by atoms with Crippen LogP contribution in [0.15, 0.2) is 58.8 Å². The first-order valence-corrected chi connectivity index (χ1v) is 8.29. The van der Waals surface area contributed by atoms with Crippen LogP contribution in [0.25, 0.3) is 11.4 Å². The SMILES string of the molecule is COc1cccc(C2=Nn3c(nnc3-c3ccc(F)cc3)SC2)c1. The average Bonchev–Trinajstić information content (AvgIpc) is 3.05. The van der Waals surface area contributed by atoms with Crippen molar-refractivity contribution in [3.8, 4) is 17.1 Å². The van der Waals surface area contributed by atoms with Crippen molar-refractivity contribution in [2.75, 3.05) is 12.9 Å². The predicted octanol–water partition coefficient (Wildman–Crippen LogP) is 3.45. The number of fused-ring (bicyclic) bond motifs is 1. The Balaban J connectivity index is 1.77. The van der Waals surface area contributed by atoms with Crippen LogP contribution in [0.1, 0.15) is 5.56 Å². The van der Waals surface area contributed by atoms with Crippen LogP contribution >= 0.6 is 11.8 Å². The average molecular weight is 340 g/mol. The molecule has 0 unspecified atom stereocenters. The van der Waals surface area contributed by atoms with Crippen molar-refractivity contribution in [1.82, 2.24) is 14.9 Å². The monoisotopic (exact) mass is 340 g/mol. The number of methoxy groups -OCH3 is 1. The fourth-order valence-corrected chi connectivity index (χ4v) is 3.29. The van der Waals surface area contributed by atoms with E-state index < -0.39 is 0 Å². The molecule has 0 amide bonds. The maximum Gasteiger partial charge on any atom is 0.212 e. The molecule has 0 N–H and O–H groups in total. The molecule has 0 atom stereocenters. The molecule has 0 fully saturated rings. The largest absolute Gasteiger partial charge is 0.497 e. The molecule has 5 nitrogen and oxygen atoms in total. The summed E-state index contributed by atoms with van der Waals surface area (Å²) in [6, 6.07) is 13.9. The highest BCUT2D eigenvalue weighted by Gasteiger charge is 2.20. The summed E-state index contributed by atoms with van der Waals surface area (Å²) in [6.45, 7) is 0. The van der Waals surface area contributed by atoms with Gasteiger partial charge in [0, 0.05) is 16.9 Å². The van der Waals surface area contributed by atoms with Gasteiger partial charge in [-0.25, -0.2) is 4.39 Å². The van der Waals surface area contributed by atoms with Crippen molar-refractivity contribution in [2.24, 2.45) is 5.10 Å². The Hall–Kier alpha value is -2.67. The van der Waals surface area contributed by atoms with Crippen LogP contribution < -0.4 is 4.74 Å². The van der Waals surface area contributed by atoms with Crippen molar-refractivity contribution in [2.45, 2.75) is 5.16 Å². The van der Waals surface area contributed by atoms with Gasteiger partial charge in [0.2, 0.25) is 5.16 Å². The van der Waals surface area contributed by atoms with E-state index in [1.807, 2.05) is 24.3 Å². The van der Waals surface area contributed by atoms with E-state index in [-0.39, 0.29) is 5.82 Å². The maximum atomic E-state index is 13.1. The molecule has 2 aromatic carbocycles. The van der Waals surface area contributed by atoms with Gasteiger partial charge in [-0.2, -0.15) is 9.78 Å². The Bertz CT molecular complexity index is 921. The number of thioether (sulfide) groups is 1. The fourth-order valence-electron chi connectivity index (χ4n) is 2.45. The molecule has 0 spiro atoms. The summed E-state index contributed by atoms with van der Waals surface area (Å²) >= 11 is 1.57. The van der Waals surface area contributed by atoms with Crippen molar-refractivity contribution >= 4 is 17.5 Å². The van der Waals surface area contributed by atoms with Gasteiger partial charge in [-0.05, 0) is 36.4 Å². The van der Waals surface area contributed by atoms with Gasteiger partial charge in [-0.3, -0.25) is 0 Å². The van der Waals surface area contributed by atoms with Gasteiger partial charge >= 0.3 is 0 Å². The normalized spacial score (nSPS) is 13.3. The zero-order chi connectivity index (χ0) is 16.5. The Labute approximate surface area is 142 Å². The van der Waals surface area contributed by atoms with E-state index in [0.29, 0.717) is 11.6 Å². The van der Waals surface area contributed by atoms with E-state index in [2.05, 4.69) is 15.3 Å². The minimum Gasteiger partial charge on any atom is -0.497 e. The molecule has 1 aliphatic heterocycles. The number of halogens is 1. The van der Waals surface area contributed by atoms with Crippen LogP contribution in [0.3, 0.4) is 0 Å². The summed E-state index contributed by atoms with van der Waals surface area (Å²) in [5.41, 5.74) is 2.67. The second kappa shape index (κ2) is 6.09. The second-order valence-corrected chi connectivity index (χ2v) is 6.13. The molecule has 3 aromatic rings. The lowest BCUT2D eigenvalue weighted by Gasteiger charge is -2.14. The number of rotatable bonds is 3. The summed E-state index contributed by atoms with van der Waals surface area (Å²) in [4.78, 5) is 0. The second-order valence-electron chi connectivity index (χ2n) is 5.19. The molecule has 0 bridgehead atoms. The third-order valence-electron chi connectivity index (χ3n) is 3.68. The first-order chi connectivity index (χ1) is 11.7. The molecule has 120 valence electrons. The number of ether oxygens (including phenoxy) is 1. The van der Waals surface area contributed by atoms with E-state index in [0.717, 1.165) is 27.7 Å². The van der Waals surface area contributed by atoms with Gasteiger partial charge in [0.1, 0.15) is 11.6 Å². The van der Waals surface area contributed by atoms with Gasteiger partial charge in [0.25, 0.3) is 0 Å². The molecule has 4 rings (SSSR count). The predicted molar refractivity (Wildman–Crippen MR) is 91.1 cm³/mol. The molecule has 2 heterocycles. The van der Waals surface area contributed by atoms with Crippen LogP contribution in [0.4, 0.5) is 4.39 Å². The molecule has 0 aliphatic carbocycles. The Kier molecular flexibility index (Phi) is 3.78. The topological polar surface area (TPSA) is 52.3 Å². The molecular formula is C17H13FN4OS. The maximum absolute atomic E-state index is 13.1. The number of hydrogen-bond acceptors (Lipinski definition) is 5. The number of nitrogens with zero attached hydrogens (tertiary/aromatic N) is 4. The number of hydrogen-bond donors (Lipinski definition) is 0. The van der Waals surface area contributed by atoms with Crippen molar-refractivity contribution in [1.29, 1.82) is 0 Å². The minimum absolute atomic E-state index is 0.285. The van der Waals surface area contributed by atoms with E-state index in [1.54, 1.807) is 35.7 Å². The Morgan fingerprint density at radius 3 is 2.71 bits per heavy atom. The van der Waals surface area contributed by atoms with Gasteiger partial charge in [-0.1, -0.05) is 23.9 Å². The summed E-state index contributed by atoms with van der Waals surface area (Å²) in [5.74, 6) is 1.80.